The van der Waals surface area contributed by atoms with E-state index >= 15 is 0 Å². The molecule has 0 heterocycles. The normalized spacial score (nSPS) is 10.2. The van der Waals surface area contributed by atoms with Crippen LogP contribution in [0.4, 0.5) is 0 Å². The second-order valence-corrected chi connectivity index (χ2v) is 4.76. The molecule has 0 aromatic heterocycles. The van der Waals surface area contributed by atoms with Crippen molar-refractivity contribution in [1.29, 1.82) is 0 Å². The predicted molar refractivity (Wildman–Crippen MR) is 75.9 cm³/mol. The lowest BCUT2D eigenvalue weighted by atomic mass is 10.1. The van der Waals surface area contributed by atoms with Gasteiger partial charge in [-0.15, -0.1) is 0 Å². The molecule has 0 fully saturated rings. The van der Waals surface area contributed by atoms with Crippen LogP contribution in [0.1, 0.15) is 48.0 Å². The highest BCUT2D eigenvalue weighted by molar-refractivity contribution is 5.96. The molecule has 0 atom stereocenters. The monoisotopic (exact) mass is 279 g/mol. The highest BCUT2D eigenvalue weighted by Crippen LogP contribution is 2.19. The second-order valence-electron chi connectivity index (χ2n) is 4.76. The van der Waals surface area contributed by atoms with Gasteiger partial charge < -0.3 is 15.5 Å². The number of amides is 1. The van der Waals surface area contributed by atoms with Crippen LogP contribution in [0.15, 0.2) is 18.2 Å². The molecule has 1 amide bonds. The Bertz CT molecular complexity index is 471. The maximum Gasteiger partial charge on any atom is 0.303 e. The van der Waals surface area contributed by atoms with E-state index in [1.54, 1.807) is 25.1 Å². The third-order valence-corrected chi connectivity index (χ3v) is 3.15. The van der Waals surface area contributed by atoms with Gasteiger partial charge in [-0.2, -0.15) is 0 Å². The summed E-state index contributed by atoms with van der Waals surface area (Å²) in [4.78, 5) is 22.2. The summed E-state index contributed by atoms with van der Waals surface area (Å²) in [6.07, 6.45) is 3.45. The summed E-state index contributed by atoms with van der Waals surface area (Å²) >= 11 is 0. The predicted octanol–water partition coefficient (Wildman–Crippen LogP) is 2.47. The molecule has 0 spiro atoms. The average molecular weight is 279 g/mol. The van der Waals surface area contributed by atoms with Crippen LogP contribution in [0.5, 0.6) is 5.75 Å². The Hall–Kier alpha value is -2.04. The van der Waals surface area contributed by atoms with Gasteiger partial charge in [0.2, 0.25) is 0 Å². The summed E-state index contributed by atoms with van der Waals surface area (Å²) in [6.45, 7) is 2.26. The number of unbranched alkanes of at least 4 members (excludes halogenated alkanes) is 3. The van der Waals surface area contributed by atoms with E-state index in [9.17, 15) is 14.7 Å². The van der Waals surface area contributed by atoms with Crippen molar-refractivity contribution < 1.29 is 19.8 Å². The molecule has 0 saturated heterocycles. The van der Waals surface area contributed by atoms with Gasteiger partial charge in [-0.1, -0.05) is 18.9 Å². The number of hydrogen-bond donors (Lipinski definition) is 3. The van der Waals surface area contributed by atoms with Crippen molar-refractivity contribution in [2.75, 3.05) is 6.54 Å². The van der Waals surface area contributed by atoms with Crippen molar-refractivity contribution in [1.82, 2.24) is 5.32 Å². The molecule has 5 heteroatoms. The zero-order chi connectivity index (χ0) is 15.0. The molecule has 0 saturated carbocycles. The number of rotatable bonds is 8. The SMILES string of the molecule is Cc1c(O)cccc1C(=O)NCCCCCCC(=O)O. The summed E-state index contributed by atoms with van der Waals surface area (Å²) in [5, 5.41) is 20.8. The summed E-state index contributed by atoms with van der Waals surface area (Å²) in [5.74, 6) is -0.840. The van der Waals surface area contributed by atoms with Crippen LogP contribution in [-0.4, -0.2) is 28.6 Å². The number of aromatic hydroxyl groups is 1. The lowest BCUT2D eigenvalue weighted by Gasteiger charge is -2.08. The van der Waals surface area contributed by atoms with Crippen LogP contribution >= 0.6 is 0 Å². The number of carboxylic acid groups (broad SMARTS) is 1. The van der Waals surface area contributed by atoms with Gasteiger partial charge in [0, 0.05) is 24.1 Å². The van der Waals surface area contributed by atoms with Crippen molar-refractivity contribution in [3.8, 4) is 5.75 Å². The number of aliphatic carboxylic acids is 1. The average Bonchev–Trinajstić information content (AvgIpc) is 2.40. The minimum absolute atomic E-state index is 0.117. The lowest BCUT2D eigenvalue weighted by molar-refractivity contribution is -0.137. The van der Waals surface area contributed by atoms with Gasteiger partial charge in [0.15, 0.2) is 0 Å². The minimum atomic E-state index is -0.766. The van der Waals surface area contributed by atoms with Crippen molar-refractivity contribution in [2.45, 2.75) is 39.0 Å². The van der Waals surface area contributed by atoms with Gasteiger partial charge in [-0.3, -0.25) is 9.59 Å². The molecule has 0 unspecified atom stereocenters. The van der Waals surface area contributed by atoms with Crippen molar-refractivity contribution >= 4 is 11.9 Å². The van der Waals surface area contributed by atoms with E-state index in [4.69, 9.17) is 5.11 Å². The number of phenolic OH excluding ortho intramolecular Hbond substituents is 1. The number of nitrogens with one attached hydrogen (secondary N) is 1. The quantitative estimate of drug-likeness (QED) is 0.638. The molecule has 0 radical (unpaired) electrons. The van der Waals surface area contributed by atoms with Crippen LogP contribution in [-0.2, 0) is 4.79 Å². The fourth-order valence-corrected chi connectivity index (χ4v) is 1.92. The Morgan fingerprint density at radius 2 is 1.85 bits per heavy atom. The molecule has 0 bridgehead atoms. The Labute approximate surface area is 118 Å². The van der Waals surface area contributed by atoms with Crippen LogP contribution in [0, 0.1) is 6.92 Å². The van der Waals surface area contributed by atoms with Crippen LogP contribution in [0.25, 0.3) is 0 Å². The molecule has 110 valence electrons. The molecule has 0 aliphatic carbocycles. The number of carboxylic acids is 1. The van der Waals surface area contributed by atoms with Crippen LogP contribution < -0.4 is 5.32 Å². The Kier molecular flexibility index (Phi) is 6.56. The molecule has 1 aromatic rings. The Morgan fingerprint density at radius 1 is 1.15 bits per heavy atom. The maximum atomic E-state index is 11.9. The van der Waals surface area contributed by atoms with Gasteiger partial charge in [-0.05, 0) is 31.9 Å². The van der Waals surface area contributed by atoms with Crippen LogP contribution in [0.2, 0.25) is 0 Å². The molecule has 20 heavy (non-hydrogen) atoms. The molecular weight excluding hydrogens is 258 g/mol. The highest BCUT2D eigenvalue weighted by Gasteiger charge is 2.10. The summed E-state index contributed by atoms with van der Waals surface area (Å²) < 4.78 is 0. The molecule has 5 nitrogen and oxygen atoms in total. The van der Waals surface area contributed by atoms with Gasteiger partial charge in [0.05, 0.1) is 0 Å². The van der Waals surface area contributed by atoms with Gasteiger partial charge in [0.25, 0.3) is 5.91 Å². The van der Waals surface area contributed by atoms with E-state index in [2.05, 4.69) is 5.32 Å². The lowest BCUT2D eigenvalue weighted by Crippen LogP contribution is -2.25. The topological polar surface area (TPSA) is 86.6 Å². The van der Waals surface area contributed by atoms with Crippen molar-refractivity contribution in [3.05, 3.63) is 29.3 Å². The van der Waals surface area contributed by atoms with Gasteiger partial charge >= 0.3 is 5.97 Å². The number of carbonyl (C=O) groups excluding carboxylic acids is 1. The van der Waals surface area contributed by atoms with Crippen molar-refractivity contribution in [2.24, 2.45) is 0 Å². The molecular formula is C15H21NO4. The smallest absolute Gasteiger partial charge is 0.303 e. The fraction of sp³-hybridized carbons (Fsp3) is 0.467. The van der Waals surface area contributed by atoms with Gasteiger partial charge in [-0.25, -0.2) is 0 Å². The largest absolute Gasteiger partial charge is 0.508 e. The zero-order valence-electron chi connectivity index (χ0n) is 11.7. The van der Waals surface area contributed by atoms with E-state index in [0.29, 0.717) is 24.1 Å². The molecule has 1 aromatic carbocycles. The summed E-state index contributed by atoms with van der Waals surface area (Å²) in [7, 11) is 0. The van der Waals surface area contributed by atoms with Gasteiger partial charge in [0.1, 0.15) is 5.75 Å². The third-order valence-electron chi connectivity index (χ3n) is 3.15. The molecule has 0 aliphatic rings. The molecule has 0 aliphatic heterocycles. The Balaban J connectivity index is 2.24. The van der Waals surface area contributed by atoms with Crippen LogP contribution in [0.3, 0.4) is 0 Å². The number of hydrogen-bond acceptors (Lipinski definition) is 3. The third kappa shape index (κ3) is 5.30. The first kappa shape index (κ1) is 16.0. The standard InChI is InChI=1S/C15H21NO4/c1-11-12(7-6-8-13(11)17)15(20)16-10-5-3-2-4-9-14(18)19/h6-8,17H,2-5,9-10H2,1H3,(H,16,20)(H,18,19). The van der Waals surface area contributed by atoms with E-state index in [0.717, 1.165) is 19.3 Å². The number of benzene rings is 1. The second kappa shape index (κ2) is 8.19. The number of carbonyl (C=O) groups is 2. The molecule has 3 N–H and O–H groups in total. The first-order chi connectivity index (χ1) is 9.52. The summed E-state index contributed by atoms with van der Waals surface area (Å²) in [5.41, 5.74) is 1.06. The summed E-state index contributed by atoms with van der Waals surface area (Å²) in [6, 6.07) is 4.87. The zero-order valence-corrected chi connectivity index (χ0v) is 11.7. The molecule has 1 rings (SSSR count). The number of phenols is 1. The maximum absolute atomic E-state index is 11.9. The van der Waals surface area contributed by atoms with E-state index in [-0.39, 0.29) is 18.1 Å². The highest BCUT2D eigenvalue weighted by atomic mass is 16.4. The Morgan fingerprint density at radius 3 is 2.55 bits per heavy atom. The minimum Gasteiger partial charge on any atom is -0.508 e. The first-order valence-electron chi connectivity index (χ1n) is 6.81. The first-order valence-corrected chi connectivity index (χ1v) is 6.81. The fourth-order valence-electron chi connectivity index (χ4n) is 1.92. The van der Waals surface area contributed by atoms with E-state index in [1.165, 1.54) is 0 Å². The van der Waals surface area contributed by atoms with Crippen molar-refractivity contribution in [3.63, 3.8) is 0 Å². The van der Waals surface area contributed by atoms with E-state index in [1.807, 2.05) is 0 Å². The van der Waals surface area contributed by atoms with E-state index < -0.39 is 5.97 Å².